The lowest BCUT2D eigenvalue weighted by Crippen LogP contribution is -2.35. The number of rotatable bonds is 6. The van der Waals surface area contributed by atoms with E-state index in [0.717, 1.165) is 25.3 Å². The highest BCUT2D eigenvalue weighted by atomic mass is 16.2. The molecule has 5 nitrogen and oxygen atoms in total. The van der Waals surface area contributed by atoms with Crippen LogP contribution in [0.4, 0.5) is 10.5 Å². The van der Waals surface area contributed by atoms with E-state index >= 15 is 0 Å². The van der Waals surface area contributed by atoms with Gasteiger partial charge in [-0.25, -0.2) is 4.79 Å². The fourth-order valence-corrected chi connectivity index (χ4v) is 2.53. The maximum atomic E-state index is 11.8. The number of amides is 2. The van der Waals surface area contributed by atoms with E-state index in [1.165, 1.54) is 18.4 Å². The highest BCUT2D eigenvalue weighted by Crippen LogP contribution is 2.15. The third-order valence-electron chi connectivity index (χ3n) is 4.01. The molecule has 1 aliphatic heterocycles. The Hall–Kier alpha value is -1.59. The van der Waals surface area contributed by atoms with Gasteiger partial charge in [0.25, 0.3) is 0 Å². The van der Waals surface area contributed by atoms with Gasteiger partial charge in [-0.2, -0.15) is 0 Å². The maximum Gasteiger partial charge on any atom is 0.319 e. The number of likely N-dealkylation sites (tertiary alicyclic amines) is 1. The van der Waals surface area contributed by atoms with Gasteiger partial charge in [0.15, 0.2) is 0 Å². The van der Waals surface area contributed by atoms with Gasteiger partial charge in [-0.3, -0.25) is 0 Å². The molecule has 0 saturated carbocycles. The van der Waals surface area contributed by atoms with E-state index in [-0.39, 0.29) is 6.03 Å². The van der Waals surface area contributed by atoms with Crippen molar-refractivity contribution >= 4 is 11.7 Å². The van der Waals surface area contributed by atoms with E-state index in [1.807, 2.05) is 31.3 Å². The molecule has 1 aliphatic rings. The van der Waals surface area contributed by atoms with Crippen LogP contribution in [-0.4, -0.2) is 44.2 Å². The molecule has 1 saturated heterocycles. The zero-order valence-corrected chi connectivity index (χ0v) is 13.0. The summed E-state index contributed by atoms with van der Waals surface area (Å²) in [7, 11) is 1.94. The third-order valence-corrected chi connectivity index (χ3v) is 4.01. The van der Waals surface area contributed by atoms with Gasteiger partial charge >= 0.3 is 6.03 Å². The molecule has 21 heavy (non-hydrogen) atoms. The van der Waals surface area contributed by atoms with Crippen molar-refractivity contribution in [3.05, 3.63) is 29.8 Å². The van der Waals surface area contributed by atoms with Crippen LogP contribution in [0.15, 0.2) is 24.3 Å². The van der Waals surface area contributed by atoms with Gasteiger partial charge in [0.2, 0.25) is 0 Å². The van der Waals surface area contributed by atoms with Gasteiger partial charge in [0.1, 0.15) is 0 Å². The zero-order valence-electron chi connectivity index (χ0n) is 13.0. The summed E-state index contributed by atoms with van der Waals surface area (Å²) in [6.07, 6.45) is 2.56. The molecule has 0 aromatic heterocycles. The van der Waals surface area contributed by atoms with Gasteiger partial charge in [0, 0.05) is 24.8 Å². The lowest BCUT2D eigenvalue weighted by Gasteiger charge is -2.15. The Balaban J connectivity index is 1.71. The van der Waals surface area contributed by atoms with Crippen LogP contribution in [0.25, 0.3) is 0 Å². The first-order chi connectivity index (χ1) is 10.2. The monoisotopic (exact) mass is 290 g/mol. The molecule has 0 bridgehead atoms. The molecule has 0 aliphatic carbocycles. The summed E-state index contributed by atoms with van der Waals surface area (Å²) in [5.74, 6) is 0. The van der Waals surface area contributed by atoms with Crippen LogP contribution >= 0.6 is 0 Å². The zero-order chi connectivity index (χ0) is 15.1. The van der Waals surface area contributed by atoms with Crippen LogP contribution in [0, 0.1) is 0 Å². The minimum atomic E-state index is -0.136. The smallest absolute Gasteiger partial charge is 0.319 e. The molecule has 2 rings (SSSR count). The van der Waals surface area contributed by atoms with E-state index in [9.17, 15) is 4.79 Å². The van der Waals surface area contributed by atoms with Gasteiger partial charge < -0.3 is 20.9 Å². The van der Waals surface area contributed by atoms with Crippen molar-refractivity contribution in [3.8, 4) is 0 Å². The molecule has 3 N–H and O–H groups in total. The van der Waals surface area contributed by atoms with Gasteiger partial charge in [0.05, 0.1) is 0 Å². The average Bonchev–Trinajstić information content (AvgIpc) is 3.00. The van der Waals surface area contributed by atoms with Crippen molar-refractivity contribution in [2.75, 3.05) is 38.5 Å². The molecule has 5 heteroatoms. The Kier molecular flexibility index (Phi) is 6.02. The predicted octanol–water partition coefficient (Wildman–Crippen LogP) is 2.18. The van der Waals surface area contributed by atoms with Crippen LogP contribution in [0.2, 0.25) is 0 Å². The number of hydrogen-bond acceptors (Lipinski definition) is 3. The number of carbonyl (C=O) groups is 1. The number of nitrogens with one attached hydrogen (secondary N) is 3. The van der Waals surface area contributed by atoms with Crippen molar-refractivity contribution in [2.45, 2.75) is 25.8 Å². The predicted molar refractivity (Wildman–Crippen MR) is 86.6 cm³/mol. The maximum absolute atomic E-state index is 11.8. The van der Waals surface area contributed by atoms with Gasteiger partial charge in [-0.15, -0.1) is 0 Å². The quantitative estimate of drug-likeness (QED) is 0.753. The molecular formula is C16H26N4O. The van der Waals surface area contributed by atoms with Crippen molar-refractivity contribution in [1.82, 2.24) is 15.5 Å². The Bertz CT molecular complexity index is 440. The fraction of sp³-hybridized carbons (Fsp3) is 0.562. The van der Waals surface area contributed by atoms with Crippen LogP contribution in [0.1, 0.15) is 31.4 Å². The highest BCUT2D eigenvalue weighted by Gasteiger charge is 2.11. The molecule has 1 aromatic rings. The van der Waals surface area contributed by atoms with Crippen LogP contribution in [-0.2, 0) is 0 Å². The fourth-order valence-electron chi connectivity index (χ4n) is 2.53. The molecule has 1 fully saturated rings. The van der Waals surface area contributed by atoms with Gasteiger partial charge in [-0.1, -0.05) is 12.1 Å². The number of nitrogens with zero attached hydrogens (tertiary/aromatic N) is 1. The Morgan fingerprint density at radius 3 is 2.52 bits per heavy atom. The summed E-state index contributed by atoms with van der Waals surface area (Å²) in [6.45, 7) is 6.06. The molecule has 0 spiro atoms. The topological polar surface area (TPSA) is 56.4 Å². The Morgan fingerprint density at radius 1 is 1.24 bits per heavy atom. The first-order valence-corrected chi connectivity index (χ1v) is 7.73. The summed E-state index contributed by atoms with van der Waals surface area (Å²) in [5.41, 5.74) is 2.03. The van der Waals surface area contributed by atoms with Crippen molar-refractivity contribution < 1.29 is 4.79 Å². The number of hydrogen-bond donors (Lipinski definition) is 3. The van der Waals surface area contributed by atoms with E-state index in [1.54, 1.807) is 0 Å². The molecule has 1 unspecified atom stereocenters. The lowest BCUT2D eigenvalue weighted by molar-refractivity contribution is 0.249. The summed E-state index contributed by atoms with van der Waals surface area (Å²) in [5, 5.41) is 8.96. The molecular weight excluding hydrogens is 264 g/mol. The Morgan fingerprint density at radius 2 is 1.90 bits per heavy atom. The number of urea groups is 1. The second-order valence-electron chi connectivity index (χ2n) is 5.56. The minimum Gasteiger partial charge on any atom is -0.337 e. The normalized spacial score (nSPS) is 16.7. The molecule has 1 atom stereocenters. The number of benzene rings is 1. The van der Waals surface area contributed by atoms with Crippen LogP contribution < -0.4 is 16.0 Å². The first kappa shape index (κ1) is 15.8. The second kappa shape index (κ2) is 8.00. The third kappa shape index (κ3) is 5.02. The van der Waals surface area contributed by atoms with E-state index in [4.69, 9.17) is 0 Å². The van der Waals surface area contributed by atoms with E-state index < -0.39 is 0 Å². The molecule has 1 heterocycles. The van der Waals surface area contributed by atoms with E-state index in [2.05, 4.69) is 27.8 Å². The average molecular weight is 290 g/mol. The SMILES string of the molecule is CNC(C)c1ccc(NC(=O)NCCN2CCCC2)cc1. The largest absolute Gasteiger partial charge is 0.337 e. The highest BCUT2D eigenvalue weighted by molar-refractivity contribution is 5.89. The summed E-state index contributed by atoms with van der Waals surface area (Å²) >= 11 is 0. The van der Waals surface area contributed by atoms with Crippen LogP contribution in [0.3, 0.4) is 0 Å². The molecule has 2 amide bonds. The van der Waals surface area contributed by atoms with Crippen molar-refractivity contribution in [3.63, 3.8) is 0 Å². The molecule has 0 radical (unpaired) electrons. The summed E-state index contributed by atoms with van der Waals surface area (Å²) < 4.78 is 0. The van der Waals surface area contributed by atoms with Crippen molar-refractivity contribution in [1.29, 1.82) is 0 Å². The molecule has 116 valence electrons. The standard InChI is InChI=1S/C16H26N4O/c1-13(17-2)14-5-7-15(8-6-14)19-16(21)18-9-12-20-10-3-4-11-20/h5-8,13,17H,3-4,9-12H2,1-2H3,(H2,18,19,21). The first-order valence-electron chi connectivity index (χ1n) is 7.73. The second-order valence-corrected chi connectivity index (χ2v) is 5.56. The lowest BCUT2D eigenvalue weighted by atomic mass is 10.1. The summed E-state index contributed by atoms with van der Waals surface area (Å²) in [4.78, 5) is 14.2. The minimum absolute atomic E-state index is 0.136. The van der Waals surface area contributed by atoms with Crippen molar-refractivity contribution in [2.24, 2.45) is 0 Å². The number of anilines is 1. The molecule has 1 aromatic carbocycles. The number of carbonyl (C=O) groups excluding carboxylic acids is 1. The van der Waals surface area contributed by atoms with Gasteiger partial charge in [-0.05, 0) is 57.6 Å². The van der Waals surface area contributed by atoms with Crippen LogP contribution in [0.5, 0.6) is 0 Å². The van der Waals surface area contributed by atoms with E-state index in [0.29, 0.717) is 12.6 Å². The summed E-state index contributed by atoms with van der Waals surface area (Å²) in [6, 6.07) is 8.10. The Labute approximate surface area is 127 Å².